The molecule has 1 fully saturated rings. The number of β-amino-alcohol motifs (C(OH)–C–C–N with tert-alkyl or cyclic N) is 1. The Hall–Kier alpha value is -0.820. The highest BCUT2D eigenvalue weighted by molar-refractivity contribution is 5.87. The van der Waals surface area contributed by atoms with E-state index in [1.807, 2.05) is 0 Å². The SMILES string of the molecule is CC(N)(C(=O)N1CCC(O)C1)C(F)(F)F. The molecule has 0 radical (unpaired) electrons. The van der Waals surface area contributed by atoms with E-state index in [0.717, 1.165) is 4.90 Å². The van der Waals surface area contributed by atoms with E-state index < -0.39 is 23.7 Å². The summed E-state index contributed by atoms with van der Waals surface area (Å²) in [4.78, 5) is 12.4. The van der Waals surface area contributed by atoms with Crippen molar-refractivity contribution in [3.63, 3.8) is 0 Å². The number of aliphatic hydroxyl groups excluding tert-OH is 1. The minimum atomic E-state index is -4.78. The maximum atomic E-state index is 12.4. The van der Waals surface area contributed by atoms with Gasteiger partial charge in [-0.25, -0.2) is 0 Å². The van der Waals surface area contributed by atoms with Crippen molar-refractivity contribution in [2.75, 3.05) is 13.1 Å². The van der Waals surface area contributed by atoms with Gasteiger partial charge in [0.05, 0.1) is 6.10 Å². The number of carbonyl (C=O) groups excluding carboxylic acids is 1. The lowest BCUT2D eigenvalue weighted by molar-refractivity contribution is -0.193. The number of nitrogens with two attached hydrogens (primary N) is 1. The van der Waals surface area contributed by atoms with Gasteiger partial charge in [0.25, 0.3) is 5.91 Å². The molecular weight excluding hydrogens is 213 g/mol. The van der Waals surface area contributed by atoms with Gasteiger partial charge in [-0.2, -0.15) is 13.2 Å². The third kappa shape index (κ3) is 2.23. The molecule has 4 nitrogen and oxygen atoms in total. The van der Waals surface area contributed by atoms with E-state index in [1.54, 1.807) is 0 Å². The number of aliphatic hydroxyl groups is 1. The average Bonchev–Trinajstić information content (AvgIpc) is 2.48. The molecule has 2 unspecified atom stereocenters. The van der Waals surface area contributed by atoms with Crippen LogP contribution in [0.25, 0.3) is 0 Å². The van der Waals surface area contributed by atoms with E-state index in [4.69, 9.17) is 10.8 Å². The summed E-state index contributed by atoms with van der Waals surface area (Å²) < 4.78 is 37.2. The fourth-order valence-corrected chi connectivity index (χ4v) is 1.38. The summed E-state index contributed by atoms with van der Waals surface area (Å²) >= 11 is 0. The van der Waals surface area contributed by atoms with Gasteiger partial charge >= 0.3 is 6.18 Å². The third-order valence-electron chi connectivity index (χ3n) is 2.48. The molecule has 1 heterocycles. The van der Waals surface area contributed by atoms with Crippen molar-refractivity contribution in [3.05, 3.63) is 0 Å². The van der Waals surface area contributed by atoms with Crippen LogP contribution in [-0.2, 0) is 4.79 Å². The fraction of sp³-hybridized carbons (Fsp3) is 0.875. The Morgan fingerprint density at radius 2 is 2.07 bits per heavy atom. The van der Waals surface area contributed by atoms with Gasteiger partial charge in [-0.3, -0.25) is 4.79 Å². The first-order valence-electron chi connectivity index (χ1n) is 4.49. The number of hydrogen-bond acceptors (Lipinski definition) is 3. The second-order valence-corrected chi connectivity index (χ2v) is 3.89. The van der Waals surface area contributed by atoms with Gasteiger partial charge in [0, 0.05) is 13.1 Å². The summed E-state index contributed by atoms with van der Waals surface area (Å²) in [5.74, 6) is -1.19. The quantitative estimate of drug-likeness (QED) is 0.654. The fourth-order valence-electron chi connectivity index (χ4n) is 1.38. The molecule has 1 amide bonds. The summed E-state index contributed by atoms with van der Waals surface area (Å²) in [6.07, 6.45) is -5.24. The highest BCUT2D eigenvalue weighted by atomic mass is 19.4. The molecule has 0 bridgehead atoms. The van der Waals surface area contributed by atoms with Gasteiger partial charge in [0.2, 0.25) is 0 Å². The summed E-state index contributed by atoms with van der Waals surface area (Å²) in [5.41, 5.74) is 2.09. The van der Waals surface area contributed by atoms with Crippen LogP contribution < -0.4 is 5.73 Å². The Morgan fingerprint density at radius 1 is 1.53 bits per heavy atom. The minimum absolute atomic E-state index is 0.0816. The molecule has 1 rings (SSSR count). The van der Waals surface area contributed by atoms with E-state index >= 15 is 0 Å². The number of nitrogens with zero attached hydrogens (tertiary/aromatic N) is 1. The van der Waals surface area contributed by atoms with Gasteiger partial charge in [-0.05, 0) is 13.3 Å². The maximum Gasteiger partial charge on any atom is 0.415 e. The van der Waals surface area contributed by atoms with Gasteiger partial charge in [0.1, 0.15) is 0 Å². The van der Waals surface area contributed by atoms with Gasteiger partial charge in [-0.15, -0.1) is 0 Å². The molecule has 0 aliphatic carbocycles. The molecule has 7 heteroatoms. The molecule has 0 spiro atoms. The zero-order chi connectivity index (χ0) is 11.9. The molecule has 0 aromatic carbocycles. The van der Waals surface area contributed by atoms with Crippen LogP contribution in [0.1, 0.15) is 13.3 Å². The molecule has 15 heavy (non-hydrogen) atoms. The summed E-state index contributed by atoms with van der Waals surface area (Å²) in [6, 6.07) is 0. The molecule has 88 valence electrons. The topological polar surface area (TPSA) is 66.6 Å². The van der Waals surface area contributed by atoms with Gasteiger partial charge < -0.3 is 15.7 Å². The average molecular weight is 226 g/mol. The molecule has 2 atom stereocenters. The first kappa shape index (κ1) is 12.3. The lowest BCUT2D eigenvalue weighted by atomic mass is 10.0. The number of amides is 1. The first-order chi connectivity index (χ1) is 6.66. The standard InChI is InChI=1S/C8H13F3N2O2/c1-7(12,8(9,10)11)6(15)13-3-2-5(14)4-13/h5,14H,2-4,12H2,1H3. The Labute approximate surface area is 84.8 Å². The lowest BCUT2D eigenvalue weighted by Gasteiger charge is -2.30. The summed E-state index contributed by atoms with van der Waals surface area (Å²) in [6.45, 7) is 0.671. The normalized spacial score (nSPS) is 26.5. The van der Waals surface area contributed by atoms with Gasteiger partial charge in [0.15, 0.2) is 5.54 Å². The Kier molecular flexibility index (Phi) is 2.97. The zero-order valence-electron chi connectivity index (χ0n) is 8.21. The Balaban J connectivity index is 2.76. The summed E-state index contributed by atoms with van der Waals surface area (Å²) in [7, 11) is 0. The number of alkyl halides is 3. The van der Waals surface area contributed by atoms with Crippen molar-refractivity contribution in [2.45, 2.75) is 31.2 Å². The highest BCUT2D eigenvalue weighted by Crippen LogP contribution is 2.30. The number of hydrogen-bond donors (Lipinski definition) is 2. The van der Waals surface area contributed by atoms with E-state index in [-0.39, 0.29) is 13.1 Å². The predicted molar refractivity (Wildman–Crippen MR) is 45.9 cm³/mol. The number of carbonyl (C=O) groups is 1. The predicted octanol–water partition coefficient (Wildman–Crippen LogP) is -0.141. The van der Waals surface area contributed by atoms with Crippen LogP contribution in [0, 0.1) is 0 Å². The van der Waals surface area contributed by atoms with Crippen molar-refractivity contribution in [1.82, 2.24) is 4.90 Å². The highest BCUT2D eigenvalue weighted by Gasteiger charge is 2.55. The molecule has 1 saturated heterocycles. The molecule has 1 aliphatic heterocycles. The Bertz CT molecular complexity index is 265. The second kappa shape index (κ2) is 3.64. The first-order valence-corrected chi connectivity index (χ1v) is 4.49. The summed E-state index contributed by atoms with van der Waals surface area (Å²) in [5, 5.41) is 9.10. The third-order valence-corrected chi connectivity index (χ3v) is 2.48. The minimum Gasteiger partial charge on any atom is -0.391 e. The van der Waals surface area contributed by atoms with Crippen LogP contribution in [0.5, 0.6) is 0 Å². The molecule has 0 aromatic heterocycles. The molecule has 3 N–H and O–H groups in total. The molecular formula is C8H13F3N2O2. The smallest absolute Gasteiger partial charge is 0.391 e. The van der Waals surface area contributed by atoms with Crippen LogP contribution in [0.2, 0.25) is 0 Å². The zero-order valence-corrected chi connectivity index (χ0v) is 8.21. The number of rotatable bonds is 1. The van der Waals surface area contributed by atoms with Crippen molar-refractivity contribution in [3.8, 4) is 0 Å². The van der Waals surface area contributed by atoms with Crippen molar-refractivity contribution >= 4 is 5.91 Å². The van der Waals surface area contributed by atoms with Crippen molar-refractivity contribution in [2.24, 2.45) is 5.73 Å². The van der Waals surface area contributed by atoms with Crippen LogP contribution in [-0.4, -0.2) is 46.8 Å². The van der Waals surface area contributed by atoms with Crippen molar-refractivity contribution < 1.29 is 23.1 Å². The lowest BCUT2D eigenvalue weighted by Crippen LogP contribution is -2.61. The number of halogens is 3. The maximum absolute atomic E-state index is 12.4. The van der Waals surface area contributed by atoms with E-state index in [9.17, 15) is 18.0 Å². The van der Waals surface area contributed by atoms with Crippen LogP contribution >= 0.6 is 0 Å². The second-order valence-electron chi connectivity index (χ2n) is 3.89. The largest absolute Gasteiger partial charge is 0.415 e. The van der Waals surface area contributed by atoms with E-state index in [1.165, 1.54) is 0 Å². The van der Waals surface area contributed by atoms with Crippen LogP contribution in [0.15, 0.2) is 0 Å². The number of likely N-dealkylation sites (tertiary alicyclic amines) is 1. The molecule has 0 saturated carbocycles. The van der Waals surface area contributed by atoms with Crippen LogP contribution in [0.3, 0.4) is 0 Å². The Morgan fingerprint density at radius 3 is 2.40 bits per heavy atom. The van der Waals surface area contributed by atoms with E-state index in [2.05, 4.69) is 0 Å². The van der Waals surface area contributed by atoms with Crippen molar-refractivity contribution in [1.29, 1.82) is 0 Å². The van der Waals surface area contributed by atoms with E-state index in [0.29, 0.717) is 13.3 Å². The van der Waals surface area contributed by atoms with Gasteiger partial charge in [-0.1, -0.05) is 0 Å². The monoisotopic (exact) mass is 226 g/mol. The van der Waals surface area contributed by atoms with Crippen LogP contribution in [0.4, 0.5) is 13.2 Å². The molecule has 0 aromatic rings. The molecule has 1 aliphatic rings.